The van der Waals surface area contributed by atoms with E-state index in [4.69, 9.17) is 4.74 Å². The molecule has 0 radical (unpaired) electrons. The van der Waals surface area contributed by atoms with E-state index in [1.165, 1.54) is 13.2 Å². The van der Waals surface area contributed by atoms with Crippen molar-refractivity contribution in [3.05, 3.63) is 31.8 Å². The van der Waals surface area contributed by atoms with E-state index in [2.05, 4.69) is 15.9 Å². The minimum Gasteiger partial charge on any atom is -0.490 e. The van der Waals surface area contributed by atoms with Crippen LogP contribution in [0.25, 0.3) is 0 Å². The first-order valence-electron chi connectivity index (χ1n) is 4.67. The highest BCUT2D eigenvalue weighted by atomic mass is 79.9. The molecule has 0 amide bonds. The molecule has 0 spiro atoms. The van der Waals surface area contributed by atoms with E-state index >= 15 is 0 Å². The standard InChI is InChI=1S/C10H10BrNO3/c1-15-10-7-4-2-3-6(7)8(11)5-9(10)12(13)14/h5H,2-4H2,1H3. The van der Waals surface area contributed by atoms with Crippen molar-refractivity contribution in [2.24, 2.45) is 0 Å². The van der Waals surface area contributed by atoms with Gasteiger partial charge in [0.05, 0.1) is 12.0 Å². The minimum atomic E-state index is -0.401. The van der Waals surface area contributed by atoms with E-state index < -0.39 is 4.92 Å². The van der Waals surface area contributed by atoms with Gasteiger partial charge in [-0.15, -0.1) is 0 Å². The Morgan fingerprint density at radius 2 is 2.13 bits per heavy atom. The molecule has 0 saturated carbocycles. The molecule has 0 aromatic heterocycles. The first kappa shape index (κ1) is 10.4. The number of ether oxygens (including phenoxy) is 1. The second-order valence-electron chi connectivity index (χ2n) is 3.48. The highest BCUT2D eigenvalue weighted by molar-refractivity contribution is 9.10. The van der Waals surface area contributed by atoms with Gasteiger partial charge in [0.1, 0.15) is 0 Å². The molecule has 0 saturated heterocycles. The zero-order valence-electron chi connectivity index (χ0n) is 8.25. The van der Waals surface area contributed by atoms with Crippen LogP contribution < -0.4 is 4.74 Å². The Balaban J connectivity index is 2.68. The van der Waals surface area contributed by atoms with Gasteiger partial charge in [0.25, 0.3) is 0 Å². The van der Waals surface area contributed by atoms with E-state index in [1.807, 2.05) is 0 Å². The van der Waals surface area contributed by atoms with Crippen molar-refractivity contribution in [1.82, 2.24) is 0 Å². The summed E-state index contributed by atoms with van der Waals surface area (Å²) < 4.78 is 5.96. The summed E-state index contributed by atoms with van der Waals surface area (Å²) in [6.45, 7) is 0. The van der Waals surface area contributed by atoms with Crippen molar-refractivity contribution < 1.29 is 9.66 Å². The molecule has 0 atom stereocenters. The van der Waals surface area contributed by atoms with E-state index in [-0.39, 0.29) is 5.69 Å². The van der Waals surface area contributed by atoms with Gasteiger partial charge < -0.3 is 4.74 Å². The average molecular weight is 272 g/mol. The van der Waals surface area contributed by atoms with Gasteiger partial charge in [0, 0.05) is 16.1 Å². The van der Waals surface area contributed by atoms with Gasteiger partial charge in [-0.3, -0.25) is 10.1 Å². The largest absolute Gasteiger partial charge is 0.490 e. The second kappa shape index (κ2) is 3.81. The molecule has 5 heteroatoms. The van der Waals surface area contributed by atoms with Crippen LogP contribution in [0.1, 0.15) is 17.5 Å². The number of nitro groups is 1. The molecule has 0 heterocycles. The van der Waals surface area contributed by atoms with Crippen LogP contribution in [-0.2, 0) is 12.8 Å². The van der Waals surface area contributed by atoms with Crippen LogP contribution in [0.3, 0.4) is 0 Å². The summed E-state index contributed by atoms with van der Waals surface area (Å²) in [7, 11) is 1.48. The van der Waals surface area contributed by atoms with Crippen molar-refractivity contribution in [1.29, 1.82) is 0 Å². The maximum Gasteiger partial charge on any atom is 0.312 e. The zero-order valence-corrected chi connectivity index (χ0v) is 9.83. The summed E-state index contributed by atoms with van der Waals surface area (Å²) in [6, 6.07) is 1.53. The first-order valence-corrected chi connectivity index (χ1v) is 5.47. The zero-order chi connectivity index (χ0) is 11.0. The molecule has 15 heavy (non-hydrogen) atoms. The highest BCUT2D eigenvalue weighted by Gasteiger charge is 2.26. The third kappa shape index (κ3) is 1.61. The molecular formula is C10H10BrNO3. The number of halogens is 1. The Labute approximate surface area is 95.5 Å². The summed E-state index contributed by atoms with van der Waals surface area (Å²) in [6.07, 6.45) is 2.86. The molecule has 0 N–H and O–H groups in total. The van der Waals surface area contributed by atoms with E-state index in [0.717, 1.165) is 34.9 Å². The Morgan fingerprint density at radius 1 is 1.47 bits per heavy atom. The summed E-state index contributed by atoms with van der Waals surface area (Å²) in [5.74, 6) is 0.427. The lowest BCUT2D eigenvalue weighted by Gasteiger charge is -2.09. The number of nitro benzene ring substituents is 1. The first-order chi connectivity index (χ1) is 7.15. The monoisotopic (exact) mass is 271 g/mol. The molecule has 1 aromatic rings. The summed E-state index contributed by atoms with van der Waals surface area (Å²) in [4.78, 5) is 10.4. The van der Waals surface area contributed by atoms with Crippen LogP contribution in [0.2, 0.25) is 0 Å². The Bertz CT molecular complexity index is 431. The Hall–Kier alpha value is -1.10. The Kier molecular flexibility index (Phi) is 2.65. The quantitative estimate of drug-likeness (QED) is 0.614. The number of nitrogens with zero attached hydrogens (tertiary/aromatic N) is 1. The summed E-state index contributed by atoms with van der Waals surface area (Å²) in [5.41, 5.74) is 2.18. The highest BCUT2D eigenvalue weighted by Crippen LogP contribution is 2.42. The molecule has 1 aliphatic carbocycles. The topological polar surface area (TPSA) is 52.4 Å². The van der Waals surface area contributed by atoms with Gasteiger partial charge in [-0.1, -0.05) is 15.9 Å². The van der Waals surface area contributed by atoms with Gasteiger partial charge in [0.2, 0.25) is 0 Å². The van der Waals surface area contributed by atoms with Crippen LogP contribution in [0.5, 0.6) is 5.75 Å². The number of benzene rings is 1. The van der Waals surface area contributed by atoms with Crippen molar-refractivity contribution in [3.8, 4) is 5.75 Å². The fourth-order valence-corrected chi connectivity index (χ4v) is 2.70. The normalized spacial score (nSPS) is 13.7. The molecule has 1 aliphatic rings. The second-order valence-corrected chi connectivity index (χ2v) is 4.33. The van der Waals surface area contributed by atoms with Gasteiger partial charge >= 0.3 is 5.69 Å². The van der Waals surface area contributed by atoms with Crippen LogP contribution in [-0.4, -0.2) is 12.0 Å². The minimum absolute atomic E-state index is 0.0463. The fraction of sp³-hybridized carbons (Fsp3) is 0.400. The number of rotatable bonds is 2. The number of methoxy groups -OCH3 is 1. The summed E-state index contributed by atoms with van der Waals surface area (Å²) >= 11 is 3.37. The predicted molar refractivity (Wildman–Crippen MR) is 59.4 cm³/mol. The molecule has 0 bridgehead atoms. The van der Waals surface area contributed by atoms with Crippen molar-refractivity contribution in [2.75, 3.05) is 7.11 Å². The van der Waals surface area contributed by atoms with Gasteiger partial charge in [0.15, 0.2) is 5.75 Å². The lowest BCUT2D eigenvalue weighted by atomic mass is 10.1. The van der Waals surface area contributed by atoms with E-state index in [1.54, 1.807) is 0 Å². The van der Waals surface area contributed by atoms with Gasteiger partial charge in [-0.05, 0) is 24.8 Å². The van der Waals surface area contributed by atoms with Crippen LogP contribution >= 0.6 is 15.9 Å². The lowest BCUT2D eigenvalue weighted by molar-refractivity contribution is -0.385. The molecule has 2 rings (SSSR count). The number of hydrogen-bond donors (Lipinski definition) is 0. The van der Waals surface area contributed by atoms with Gasteiger partial charge in [-0.25, -0.2) is 0 Å². The molecular weight excluding hydrogens is 262 g/mol. The molecule has 80 valence electrons. The van der Waals surface area contributed by atoms with Gasteiger partial charge in [-0.2, -0.15) is 0 Å². The molecule has 0 unspecified atom stereocenters. The van der Waals surface area contributed by atoms with Crippen molar-refractivity contribution in [3.63, 3.8) is 0 Å². The maximum atomic E-state index is 10.8. The number of fused-ring (bicyclic) bond motifs is 1. The third-order valence-electron chi connectivity index (χ3n) is 2.68. The average Bonchev–Trinajstić information content (AvgIpc) is 2.66. The predicted octanol–water partition coefficient (Wildman–Crippen LogP) is 2.85. The molecule has 4 nitrogen and oxygen atoms in total. The van der Waals surface area contributed by atoms with Crippen molar-refractivity contribution in [2.45, 2.75) is 19.3 Å². The van der Waals surface area contributed by atoms with Crippen LogP contribution in [0.4, 0.5) is 5.69 Å². The van der Waals surface area contributed by atoms with Crippen LogP contribution in [0, 0.1) is 10.1 Å². The molecule has 1 aromatic carbocycles. The van der Waals surface area contributed by atoms with Crippen LogP contribution in [0.15, 0.2) is 10.5 Å². The van der Waals surface area contributed by atoms with Crippen molar-refractivity contribution >= 4 is 21.6 Å². The molecule has 0 fully saturated rings. The summed E-state index contributed by atoms with van der Waals surface area (Å²) in [5, 5.41) is 10.8. The Morgan fingerprint density at radius 3 is 2.73 bits per heavy atom. The third-order valence-corrected chi connectivity index (χ3v) is 3.38. The fourth-order valence-electron chi connectivity index (χ4n) is 2.05. The smallest absolute Gasteiger partial charge is 0.312 e. The SMILES string of the molecule is COc1c([N+](=O)[O-])cc(Br)c2c1CCC2. The number of hydrogen-bond acceptors (Lipinski definition) is 3. The van der Waals surface area contributed by atoms with E-state index in [9.17, 15) is 10.1 Å². The lowest BCUT2D eigenvalue weighted by Crippen LogP contribution is -1.99. The molecule has 0 aliphatic heterocycles. The maximum absolute atomic E-state index is 10.8. The van der Waals surface area contributed by atoms with E-state index in [0.29, 0.717) is 5.75 Å².